The monoisotopic (exact) mass is 640 g/mol. The molecule has 0 aliphatic heterocycles. The fourth-order valence-electron chi connectivity index (χ4n) is 4.50. The maximum absolute atomic E-state index is 13.1. The molecule has 2 rings (SSSR count). The fraction of sp³-hybridized carbons (Fsp3) is 0.531. The van der Waals surface area contributed by atoms with Crippen LogP contribution in [0.1, 0.15) is 77.3 Å². The number of amides is 2. The van der Waals surface area contributed by atoms with Crippen molar-refractivity contribution in [2.45, 2.75) is 73.1 Å². The van der Waals surface area contributed by atoms with E-state index in [-0.39, 0.29) is 49.6 Å². The van der Waals surface area contributed by atoms with Crippen LogP contribution in [0.4, 0.5) is 21.9 Å². The smallest absolute Gasteiger partial charge is 0.323 e. The van der Waals surface area contributed by atoms with Crippen molar-refractivity contribution < 1.29 is 23.9 Å². The average molecular weight is 642 g/mol. The SMILES string of the molecule is CCC(CC(=O)OCOC(=O)CCCN)c1ccc(N(CC(C)C)CC(C)C)c(NC(=O)Nc2ccc(C)cc2)c1.Cl.Cl. The summed E-state index contributed by atoms with van der Waals surface area (Å²) < 4.78 is 10.1. The number of urea groups is 1. The zero-order chi connectivity index (χ0) is 30.4. The molecule has 0 heterocycles. The highest BCUT2D eigenvalue weighted by Gasteiger charge is 2.21. The van der Waals surface area contributed by atoms with E-state index in [2.05, 4.69) is 43.2 Å². The Kier molecular flexibility index (Phi) is 19.4. The number of nitrogens with zero attached hydrogens (tertiary/aromatic N) is 1. The van der Waals surface area contributed by atoms with Gasteiger partial charge in [-0.3, -0.25) is 9.59 Å². The van der Waals surface area contributed by atoms with E-state index in [4.69, 9.17) is 15.2 Å². The van der Waals surface area contributed by atoms with E-state index < -0.39 is 18.7 Å². The first-order chi connectivity index (χ1) is 19.5. The Morgan fingerprint density at radius 2 is 1.49 bits per heavy atom. The standard InChI is InChI=1S/C32H48N4O5.2ClH/c1-7-25(18-31(38)41-21-40-30(37)9-8-16-33)26-12-15-29(36(19-22(2)3)20-23(4)5)28(17-26)35-32(39)34-27-13-10-24(6)11-14-27;;/h10-15,17,22-23,25H,7-9,16,18-21,33H2,1-6H3,(H2,34,35,39);2*1H. The molecule has 0 aliphatic rings. The van der Waals surface area contributed by atoms with Crippen molar-refractivity contribution in [3.63, 3.8) is 0 Å². The van der Waals surface area contributed by atoms with Gasteiger partial charge in [0.25, 0.3) is 0 Å². The second kappa shape index (κ2) is 20.8. The van der Waals surface area contributed by atoms with Gasteiger partial charge in [0.1, 0.15) is 0 Å². The van der Waals surface area contributed by atoms with Crippen LogP contribution in [0.25, 0.3) is 0 Å². The Hall–Kier alpha value is -3.01. The summed E-state index contributed by atoms with van der Waals surface area (Å²) in [6.45, 7) is 14.3. The number of benzene rings is 2. The van der Waals surface area contributed by atoms with Crippen LogP contribution in [0.2, 0.25) is 0 Å². The van der Waals surface area contributed by atoms with Crippen LogP contribution in [-0.2, 0) is 19.1 Å². The summed E-state index contributed by atoms with van der Waals surface area (Å²) >= 11 is 0. The Bertz CT molecular complexity index is 1120. The van der Waals surface area contributed by atoms with E-state index in [0.717, 1.165) is 29.9 Å². The fourth-order valence-corrected chi connectivity index (χ4v) is 4.50. The van der Waals surface area contributed by atoms with Gasteiger partial charge in [-0.05, 0) is 73.9 Å². The lowest BCUT2D eigenvalue weighted by Crippen LogP contribution is -2.32. The molecule has 242 valence electrons. The molecule has 0 saturated heterocycles. The number of nitrogens with two attached hydrogens (primary N) is 1. The summed E-state index contributed by atoms with van der Waals surface area (Å²) in [5, 5.41) is 5.98. The van der Waals surface area contributed by atoms with Crippen molar-refractivity contribution in [2.24, 2.45) is 17.6 Å². The van der Waals surface area contributed by atoms with Crippen LogP contribution in [0.3, 0.4) is 0 Å². The van der Waals surface area contributed by atoms with Crippen molar-refractivity contribution >= 4 is 59.8 Å². The second-order valence-corrected chi connectivity index (χ2v) is 11.3. The molecule has 0 aliphatic carbocycles. The van der Waals surface area contributed by atoms with Crippen LogP contribution in [0.5, 0.6) is 0 Å². The normalized spacial score (nSPS) is 11.2. The van der Waals surface area contributed by atoms with Gasteiger partial charge < -0.3 is 30.7 Å². The van der Waals surface area contributed by atoms with Crippen molar-refractivity contribution in [1.82, 2.24) is 0 Å². The van der Waals surface area contributed by atoms with E-state index in [1.807, 2.05) is 56.3 Å². The molecule has 0 aromatic heterocycles. The first kappa shape index (κ1) is 40.0. The number of carbonyl (C=O) groups is 3. The maximum atomic E-state index is 13.1. The molecule has 2 aromatic rings. The van der Waals surface area contributed by atoms with Gasteiger partial charge in [0.05, 0.1) is 17.8 Å². The summed E-state index contributed by atoms with van der Waals surface area (Å²) in [6.07, 6.45) is 1.51. The number of hydrogen-bond acceptors (Lipinski definition) is 7. The molecule has 0 spiro atoms. The van der Waals surface area contributed by atoms with Gasteiger partial charge in [-0.2, -0.15) is 0 Å². The Morgan fingerprint density at radius 3 is 2.05 bits per heavy atom. The van der Waals surface area contributed by atoms with Gasteiger partial charge in [-0.1, -0.05) is 58.4 Å². The Labute approximate surface area is 269 Å². The molecule has 1 unspecified atom stereocenters. The van der Waals surface area contributed by atoms with Gasteiger partial charge in [-0.25, -0.2) is 4.79 Å². The second-order valence-electron chi connectivity index (χ2n) is 11.3. The zero-order valence-electron chi connectivity index (χ0n) is 26.3. The Balaban J connectivity index is 0.00000882. The minimum Gasteiger partial charge on any atom is -0.428 e. The summed E-state index contributed by atoms with van der Waals surface area (Å²) in [6, 6.07) is 13.3. The first-order valence-electron chi connectivity index (χ1n) is 14.6. The number of nitrogens with one attached hydrogen (secondary N) is 2. The number of rotatable bonds is 16. The van der Waals surface area contributed by atoms with Crippen LogP contribution in [0, 0.1) is 18.8 Å². The van der Waals surface area contributed by atoms with Crippen LogP contribution >= 0.6 is 24.8 Å². The molecule has 2 aromatic carbocycles. The molecule has 2 amide bonds. The average Bonchev–Trinajstić information content (AvgIpc) is 2.91. The van der Waals surface area contributed by atoms with Crippen molar-refractivity contribution in [3.05, 3.63) is 53.6 Å². The van der Waals surface area contributed by atoms with Crippen LogP contribution < -0.4 is 21.3 Å². The van der Waals surface area contributed by atoms with E-state index in [0.29, 0.717) is 42.6 Å². The number of aryl methyl sites for hydroxylation is 1. The van der Waals surface area contributed by atoms with Crippen molar-refractivity contribution in [2.75, 3.05) is 42.0 Å². The number of hydrogen-bond donors (Lipinski definition) is 3. The molecule has 9 nitrogen and oxygen atoms in total. The lowest BCUT2D eigenvalue weighted by molar-refractivity contribution is -0.167. The third-order valence-corrected chi connectivity index (χ3v) is 6.49. The third kappa shape index (κ3) is 14.8. The van der Waals surface area contributed by atoms with Gasteiger partial charge in [0.15, 0.2) is 0 Å². The highest BCUT2D eigenvalue weighted by Crippen LogP contribution is 2.34. The molecule has 11 heteroatoms. The molecular weight excluding hydrogens is 591 g/mol. The summed E-state index contributed by atoms with van der Waals surface area (Å²) in [5.41, 5.74) is 9.72. The van der Waals surface area contributed by atoms with Crippen LogP contribution in [-0.4, -0.2) is 44.4 Å². The number of anilines is 3. The number of carbonyl (C=O) groups excluding carboxylic acids is 3. The number of esters is 2. The van der Waals surface area contributed by atoms with Gasteiger partial charge >= 0.3 is 18.0 Å². The summed E-state index contributed by atoms with van der Waals surface area (Å²) in [4.78, 5) is 39.6. The summed E-state index contributed by atoms with van der Waals surface area (Å²) in [7, 11) is 0. The molecule has 0 bridgehead atoms. The number of ether oxygens (including phenoxy) is 2. The van der Waals surface area contributed by atoms with Crippen molar-refractivity contribution in [3.8, 4) is 0 Å². The largest absolute Gasteiger partial charge is 0.428 e. The molecule has 0 radical (unpaired) electrons. The van der Waals surface area contributed by atoms with E-state index in [1.165, 1.54) is 0 Å². The third-order valence-electron chi connectivity index (χ3n) is 6.49. The molecule has 43 heavy (non-hydrogen) atoms. The Morgan fingerprint density at radius 1 is 0.884 bits per heavy atom. The van der Waals surface area contributed by atoms with Crippen LogP contribution in [0.15, 0.2) is 42.5 Å². The quantitative estimate of drug-likeness (QED) is 0.130. The lowest BCUT2D eigenvalue weighted by Gasteiger charge is -2.31. The molecule has 0 saturated carbocycles. The highest BCUT2D eigenvalue weighted by molar-refractivity contribution is 6.02. The van der Waals surface area contributed by atoms with Crippen molar-refractivity contribution in [1.29, 1.82) is 0 Å². The molecule has 4 N–H and O–H groups in total. The topological polar surface area (TPSA) is 123 Å². The predicted molar refractivity (Wildman–Crippen MR) is 180 cm³/mol. The van der Waals surface area contributed by atoms with Gasteiger partial charge in [0.2, 0.25) is 6.79 Å². The predicted octanol–water partition coefficient (Wildman–Crippen LogP) is 7.27. The lowest BCUT2D eigenvalue weighted by atomic mass is 9.92. The summed E-state index contributed by atoms with van der Waals surface area (Å²) in [5.74, 6) is -0.206. The zero-order valence-corrected chi connectivity index (χ0v) is 27.9. The van der Waals surface area contributed by atoms with E-state index in [9.17, 15) is 14.4 Å². The molecule has 1 atom stereocenters. The maximum Gasteiger partial charge on any atom is 0.323 e. The first-order valence-corrected chi connectivity index (χ1v) is 14.6. The molecular formula is C32H50Cl2N4O5. The van der Waals surface area contributed by atoms with E-state index in [1.54, 1.807) is 0 Å². The minimum absolute atomic E-state index is 0. The van der Waals surface area contributed by atoms with Gasteiger partial charge in [-0.15, -0.1) is 24.8 Å². The highest BCUT2D eigenvalue weighted by atomic mass is 35.5. The number of halogens is 2. The minimum atomic E-state index is -0.458. The molecule has 0 fully saturated rings. The van der Waals surface area contributed by atoms with E-state index >= 15 is 0 Å². The van der Waals surface area contributed by atoms with Gasteiger partial charge in [0, 0.05) is 25.2 Å².